The number of nitrogens with zero attached hydrogens (tertiary/aromatic N) is 1. The number of carbonyl (C=O) groups excluding carboxylic acids is 1. The van der Waals surface area contributed by atoms with Gasteiger partial charge in [-0.25, -0.2) is 4.39 Å². The molecule has 0 spiro atoms. The number of hydrogen-bond donors (Lipinski definition) is 1. The van der Waals surface area contributed by atoms with Gasteiger partial charge in [-0.1, -0.05) is 30.3 Å². The van der Waals surface area contributed by atoms with Crippen molar-refractivity contribution in [1.82, 2.24) is 9.88 Å². The molecule has 1 unspecified atom stereocenters. The van der Waals surface area contributed by atoms with Crippen LogP contribution in [0.5, 0.6) is 0 Å². The van der Waals surface area contributed by atoms with E-state index in [0.29, 0.717) is 6.42 Å². The van der Waals surface area contributed by atoms with Crippen molar-refractivity contribution in [3.63, 3.8) is 0 Å². The van der Waals surface area contributed by atoms with Crippen LogP contribution in [0.3, 0.4) is 0 Å². The lowest BCUT2D eigenvalue weighted by atomic mass is 10.1. The molecule has 4 heteroatoms. The second kappa shape index (κ2) is 6.24. The molecule has 3 nitrogen and oxygen atoms in total. The van der Waals surface area contributed by atoms with Gasteiger partial charge in [0.2, 0.25) is 5.91 Å². The van der Waals surface area contributed by atoms with E-state index in [-0.39, 0.29) is 17.8 Å². The average Bonchev–Trinajstić information content (AvgIpc) is 2.97. The number of fused-ring (bicyclic) bond motifs is 1. The fourth-order valence-corrected chi connectivity index (χ4v) is 2.75. The zero-order valence-electron chi connectivity index (χ0n) is 13.2. The van der Waals surface area contributed by atoms with Gasteiger partial charge in [0.1, 0.15) is 5.82 Å². The molecule has 1 atom stereocenters. The predicted molar refractivity (Wildman–Crippen MR) is 89.6 cm³/mol. The smallest absolute Gasteiger partial charge is 0.227 e. The first-order chi connectivity index (χ1) is 11.1. The van der Waals surface area contributed by atoms with Crippen molar-refractivity contribution >= 4 is 16.8 Å². The Balaban J connectivity index is 1.75. The van der Waals surface area contributed by atoms with Gasteiger partial charge in [-0.05, 0) is 36.2 Å². The van der Waals surface area contributed by atoms with Gasteiger partial charge in [-0.15, -0.1) is 0 Å². The Morgan fingerprint density at radius 1 is 1.17 bits per heavy atom. The quantitative estimate of drug-likeness (QED) is 0.775. The number of likely N-dealkylation sites (N-methyl/N-ethyl adjacent to an activating group) is 1. The van der Waals surface area contributed by atoms with Crippen LogP contribution in [-0.2, 0) is 11.2 Å². The second-order valence-electron chi connectivity index (χ2n) is 5.77. The SMILES string of the molecule is CC(c1ccc(F)cc1)N(C)C(=O)Cc1c[nH]c2ccccc12. The molecule has 0 fully saturated rings. The lowest BCUT2D eigenvalue weighted by Gasteiger charge is -2.25. The molecule has 0 saturated carbocycles. The molecular formula is C19H19FN2O. The van der Waals surface area contributed by atoms with Gasteiger partial charge in [0, 0.05) is 24.1 Å². The van der Waals surface area contributed by atoms with Crippen LogP contribution in [0.4, 0.5) is 4.39 Å². The van der Waals surface area contributed by atoms with E-state index in [1.54, 1.807) is 24.1 Å². The van der Waals surface area contributed by atoms with E-state index in [4.69, 9.17) is 0 Å². The van der Waals surface area contributed by atoms with Crippen molar-refractivity contribution < 1.29 is 9.18 Å². The van der Waals surface area contributed by atoms with Crippen LogP contribution >= 0.6 is 0 Å². The highest BCUT2D eigenvalue weighted by atomic mass is 19.1. The molecule has 0 aliphatic rings. The third-order valence-corrected chi connectivity index (χ3v) is 4.34. The van der Waals surface area contributed by atoms with Crippen LogP contribution in [0.2, 0.25) is 0 Å². The molecule has 0 aliphatic heterocycles. The van der Waals surface area contributed by atoms with E-state index in [0.717, 1.165) is 22.0 Å². The molecular weight excluding hydrogens is 291 g/mol. The number of benzene rings is 2. The summed E-state index contributed by atoms with van der Waals surface area (Å²) in [5.74, 6) is -0.236. The van der Waals surface area contributed by atoms with Crippen LogP contribution in [-0.4, -0.2) is 22.8 Å². The number of halogens is 1. The summed E-state index contributed by atoms with van der Waals surface area (Å²) in [6.07, 6.45) is 2.23. The molecule has 1 N–H and O–H groups in total. The van der Waals surface area contributed by atoms with E-state index < -0.39 is 0 Å². The van der Waals surface area contributed by atoms with E-state index >= 15 is 0 Å². The number of hydrogen-bond acceptors (Lipinski definition) is 1. The number of aromatic amines is 1. The van der Waals surface area contributed by atoms with Crippen molar-refractivity contribution in [3.05, 3.63) is 71.7 Å². The van der Waals surface area contributed by atoms with Crippen LogP contribution in [0, 0.1) is 5.82 Å². The van der Waals surface area contributed by atoms with E-state index in [1.165, 1.54) is 12.1 Å². The summed E-state index contributed by atoms with van der Waals surface area (Å²) in [5, 5.41) is 1.07. The summed E-state index contributed by atoms with van der Waals surface area (Å²) < 4.78 is 13.0. The summed E-state index contributed by atoms with van der Waals surface area (Å²) in [5.41, 5.74) is 2.94. The maximum atomic E-state index is 13.0. The highest BCUT2D eigenvalue weighted by Gasteiger charge is 2.18. The topological polar surface area (TPSA) is 36.1 Å². The number of rotatable bonds is 4. The summed E-state index contributed by atoms with van der Waals surface area (Å²) in [4.78, 5) is 17.5. The number of nitrogens with one attached hydrogen (secondary N) is 1. The zero-order chi connectivity index (χ0) is 16.4. The number of carbonyl (C=O) groups is 1. The lowest BCUT2D eigenvalue weighted by molar-refractivity contribution is -0.131. The highest BCUT2D eigenvalue weighted by Crippen LogP contribution is 2.22. The Labute approximate surface area is 134 Å². The van der Waals surface area contributed by atoms with Gasteiger partial charge in [0.05, 0.1) is 12.5 Å². The summed E-state index contributed by atoms with van der Waals surface area (Å²) >= 11 is 0. The first kappa shape index (κ1) is 15.3. The molecule has 2 aromatic carbocycles. The Morgan fingerprint density at radius 3 is 2.61 bits per heavy atom. The number of amides is 1. The lowest BCUT2D eigenvalue weighted by Crippen LogP contribution is -2.30. The fourth-order valence-electron chi connectivity index (χ4n) is 2.75. The fraction of sp³-hybridized carbons (Fsp3) is 0.211. The maximum Gasteiger partial charge on any atom is 0.227 e. The second-order valence-corrected chi connectivity index (χ2v) is 5.77. The monoisotopic (exact) mass is 310 g/mol. The molecule has 3 rings (SSSR count). The van der Waals surface area contributed by atoms with Gasteiger partial charge in [-0.2, -0.15) is 0 Å². The molecule has 3 aromatic rings. The molecule has 0 aliphatic carbocycles. The molecule has 1 aromatic heterocycles. The number of H-pyrrole nitrogens is 1. The van der Waals surface area contributed by atoms with E-state index in [2.05, 4.69) is 4.98 Å². The van der Waals surface area contributed by atoms with Crippen molar-refractivity contribution in [2.45, 2.75) is 19.4 Å². The predicted octanol–water partition coefficient (Wildman–Crippen LogP) is 4.07. The van der Waals surface area contributed by atoms with E-state index in [9.17, 15) is 9.18 Å². The first-order valence-corrected chi connectivity index (χ1v) is 7.62. The van der Waals surface area contributed by atoms with Crippen LogP contribution in [0.25, 0.3) is 10.9 Å². The van der Waals surface area contributed by atoms with Crippen molar-refractivity contribution in [3.8, 4) is 0 Å². The molecule has 0 bridgehead atoms. The Hall–Kier alpha value is -2.62. The summed E-state index contributed by atoms with van der Waals surface area (Å²) in [6, 6.07) is 14.1. The molecule has 0 radical (unpaired) electrons. The van der Waals surface area contributed by atoms with Gasteiger partial charge in [-0.3, -0.25) is 4.79 Å². The minimum Gasteiger partial charge on any atom is -0.361 e. The highest BCUT2D eigenvalue weighted by molar-refractivity contribution is 5.88. The van der Waals surface area contributed by atoms with Gasteiger partial charge >= 0.3 is 0 Å². The minimum absolute atomic E-state index is 0.0339. The largest absolute Gasteiger partial charge is 0.361 e. The Morgan fingerprint density at radius 2 is 1.87 bits per heavy atom. The number of aromatic nitrogens is 1. The van der Waals surface area contributed by atoms with Crippen LogP contribution < -0.4 is 0 Å². The first-order valence-electron chi connectivity index (χ1n) is 7.62. The third kappa shape index (κ3) is 3.11. The summed E-state index contributed by atoms with van der Waals surface area (Å²) in [6.45, 7) is 1.94. The zero-order valence-corrected chi connectivity index (χ0v) is 13.2. The molecule has 1 amide bonds. The van der Waals surface area contributed by atoms with Crippen molar-refractivity contribution in [2.75, 3.05) is 7.05 Å². The molecule has 118 valence electrons. The third-order valence-electron chi connectivity index (χ3n) is 4.34. The van der Waals surface area contributed by atoms with Gasteiger partial charge in [0.15, 0.2) is 0 Å². The molecule has 23 heavy (non-hydrogen) atoms. The standard InChI is InChI=1S/C19H19FN2O/c1-13(14-7-9-16(20)10-8-14)22(2)19(23)11-15-12-21-18-6-4-3-5-17(15)18/h3-10,12-13,21H,11H2,1-2H3. The number of para-hydroxylation sites is 1. The van der Waals surface area contributed by atoms with Crippen molar-refractivity contribution in [2.24, 2.45) is 0 Å². The maximum absolute atomic E-state index is 13.0. The molecule has 0 saturated heterocycles. The average molecular weight is 310 g/mol. The van der Waals surface area contributed by atoms with Crippen LogP contribution in [0.1, 0.15) is 24.1 Å². The minimum atomic E-state index is -0.270. The van der Waals surface area contributed by atoms with Gasteiger partial charge < -0.3 is 9.88 Å². The van der Waals surface area contributed by atoms with Crippen molar-refractivity contribution in [1.29, 1.82) is 0 Å². The summed E-state index contributed by atoms with van der Waals surface area (Å²) in [7, 11) is 1.78. The van der Waals surface area contributed by atoms with Crippen LogP contribution in [0.15, 0.2) is 54.7 Å². The normalized spacial score (nSPS) is 12.3. The molecule has 1 heterocycles. The van der Waals surface area contributed by atoms with E-state index in [1.807, 2.05) is 37.4 Å². The Bertz CT molecular complexity index is 823. The van der Waals surface area contributed by atoms with Gasteiger partial charge in [0.25, 0.3) is 0 Å². The Kier molecular flexibility index (Phi) is 4.15.